The van der Waals surface area contributed by atoms with Crippen LogP contribution in [0.3, 0.4) is 0 Å². The maximum atomic E-state index is 3.57. The second-order valence-electron chi connectivity index (χ2n) is 16.7. The minimum absolute atomic E-state index is 0. The van der Waals surface area contributed by atoms with Gasteiger partial charge in [-0.05, 0) is 36.1 Å². The van der Waals surface area contributed by atoms with Crippen LogP contribution in [0.2, 0.25) is 0 Å². The normalized spacial score (nSPS) is 17.7. The van der Waals surface area contributed by atoms with E-state index in [9.17, 15) is 0 Å². The van der Waals surface area contributed by atoms with Crippen LogP contribution in [0.15, 0.2) is 102 Å². The van der Waals surface area contributed by atoms with Gasteiger partial charge in [0.05, 0.1) is 0 Å². The third kappa shape index (κ3) is 8.04. The monoisotopic (exact) mass is 802 g/mol. The molecule has 1 unspecified atom stereocenters. The summed E-state index contributed by atoms with van der Waals surface area (Å²) in [4.78, 5) is 0. The fourth-order valence-electron chi connectivity index (χ4n) is 8.45. The van der Waals surface area contributed by atoms with Crippen LogP contribution in [0.25, 0.3) is 43.5 Å². The topological polar surface area (TPSA) is 0 Å². The van der Waals surface area contributed by atoms with E-state index in [0.717, 1.165) is 6.42 Å². The summed E-state index contributed by atoms with van der Waals surface area (Å²) in [6.07, 6.45) is 13.1. The van der Waals surface area contributed by atoms with E-state index in [4.69, 9.17) is 0 Å². The Labute approximate surface area is 341 Å². The quantitative estimate of drug-likeness (QED) is 0.164. The summed E-state index contributed by atoms with van der Waals surface area (Å²) in [6, 6.07) is 27.0. The van der Waals surface area contributed by atoms with Gasteiger partial charge in [-0.3, -0.25) is 6.08 Å². The van der Waals surface area contributed by atoms with Crippen LogP contribution >= 0.6 is 0 Å². The van der Waals surface area contributed by atoms with E-state index in [1.807, 2.05) is 0 Å². The Balaban J connectivity index is 0.000000191. The van der Waals surface area contributed by atoms with Gasteiger partial charge in [0, 0.05) is 10.8 Å². The summed E-state index contributed by atoms with van der Waals surface area (Å²) in [6.45, 7) is 25.1. The minimum atomic E-state index is 0. The molecule has 3 heteroatoms. The van der Waals surface area contributed by atoms with Gasteiger partial charge in [0.1, 0.15) is 0 Å². The molecule has 0 radical (unpaired) electrons. The summed E-state index contributed by atoms with van der Waals surface area (Å²) in [5.41, 5.74) is 13.5. The number of fused-ring (bicyclic) bond motifs is 6. The third-order valence-corrected chi connectivity index (χ3v) is 11.8. The Bertz CT molecular complexity index is 2160. The first-order chi connectivity index (χ1) is 23.6. The molecule has 0 saturated carbocycles. The Kier molecular flexibility index (Phi) is 12.9. The summed E-state index contributed by atoms with van der Waals surface area (Å²) >= 11 is 1.46. The SMILES string of the molecule is CC1=CC(C)(C)c2cc3[cH-]c4cc5c(cc4c3cc21)C(C)=CC5(C)C.CCC1=[C-]C(CC)C=C1C(C)(C)C.[Cl-].[Cl-].[Zr+2]=[CH]c1cccc2ccccc12. The van der Waals surface area contributed by atoms with E-state index in [1.165, 1.54) is 113 Å². The molecule has 0 heterocycles. The molecule has 0 aliphatic heterocycles. The van der Waals surface area contributed by atoms with Crippen LogP contribution in [-0.2, 0) is 35.1 Å². The average Bonchev–Trinajstić information content (AvgIpc) is 3.78. The number of hydrogen-bond acceptors (Lipinski definition) is 0. The van der Waals surface area contributed by atoms with Crippen molar-refractivity contribution in [2.75, 3.05) is 0 Å². The number of rotatable bonds is 3. The zero-order valence-electron chi connectivity index (χ0n) is 33.0. The molecule has 3 aliphatic rings. The molecule has 0 bridgehead atoms. The van der Waals surface area contributed by atoms with Crippen molar-refractivity contribution < 1.29 is 49.0 Å². The van der Waals surface area contributed by atoms with Crippen molar-refractivity contribution in [3.8, 4) is 0 Å². The number of allylic oxidation sites excluding steroid dienone is 8. The molecular formula is C49H54Cl2Zr-2. The maximum absolute atomic E-state index is 3.57. The van der Waals surface area contributed by atoms with Crippen molar-refractivity contribution in [2.24, 2.45) is 11.3 Å². The molecular weight excluding hydrogens is 751 g/mol. The fraction of sp³-hybridized carbons (Fsp3) is 0.347. The van der Waals surface area contributed by atoms with Crippen LogP contribution in [-0.4, -0.2) is 3.71 Å². The predicted molar refractivity (Wildman–Crippen MR) is 218 cm³/mol. The van der Waals surface area contributed by atoms with Crippen LogP contribution in [0.4, 0.5) is 0 Å². The third-order valence-electron chi connectivity index (χ3n) is 11.0. The molecule has 0 nitrogen and oxygen atoms in total. The van der Waals surface area contributed by atoms with E-state index in [1.54, 1.807) is 0 Å². The average molecular weight is 805 g/mol. The molecule has 1 atom stereocenters. The Morgan fingerprint density at radius 3 is 1.73 bits per heavy atom. The van der Waals surface area contributed by atoms with Crippen molar-refractivity contribution in [2.45, 2.75) is 99.8 Å². The second kappa shape index (κ2) is 16.0. The Morgan fingerprint density at radius 1 is 0.750 bits per heavy atom. The van der Waals surface area contributed by atoms with E-state index in [0.29, 0.717) is 11.3 Å². The molecule has 0 N–H and O–H groups in total. The number of hydrogen-bond donors (Lipinski definition) is 0. The van der Waals surface area contributed by atoms with Crippen molar-refractivity contribution in [1.82, 2.24) is 0 Å². The molecule has 270 valence electrons. The fourth-order valence-corrected chi connectivity index (χ4v) is 9.07. The number of halogens is 2. The van der Waals surface area contributed by atoms with Crippen molar-refractivity contribution in [3.63, 3.8) is 0 Å². The molecule has 3 aliphatic carbocycles. The zero-order valence-corrected chi connectivity index (χ0v) is 37.0. The van der Waals surface area contributed by atoms with E-state index in [2.05, 4.69) is 177 Å². The second-order valence-corrected chi connectivity index (χ2v) is 17.5. The van der Waals surface area contributed by atoms with Gasteiger partial charge in [-0.25, -0.2) is 5.57 Å². The van der Waals surface area contributed by atoms with Crippen LogP contribution < -0.4 is 24.8 Å². The van der Waals surface area contributed by atoms with Crippen LogP contribution in [0.5, 0.6) is 0 Å². The summed E-state index contributed by atoms with van der Waals surface area (Å²) < 4.78 is 2.23. The Hall–Kier alpha value is -2.70. The van der Waals surface area contributed by atoms with E-state index in [-0.39, 0.29) is 35.6 Å². The van der Waals surface area contributed by atoms with E-state index >= 15 is 0 Å². The van der Waals surface area contributed by atoms with Gasteiger partial charge in [-0.2, -0.15) is 11.6 Å². The van der Waals surface area contributed by atoms with Crippen molar-refractivity contribution >= 4 is 47.2 Å². The first-order valence-electron chi connectivity index (χ1n) is 18.5. The molecule has 0 saturated heterocycles. The van der Waals surface area contributed by atoms with Crippen LogP contribution in [0, 0.1) is 17.4 Å². The van der Waals surface area contributed by atoms with Crippen molar-refractivity contribution in [1.29, 1.82) is 0 Å². The first kappa shape index (κ1) is 42.1. The first-order valence-corrected chi connectivity index (χ1v) is 19.9. The molecule has 52 heavy (non-hydrogen) atoms. The summed E-state index contributed by atoms with van der Waals surface area (Å²) in [7, 11) is 0. The molecule has 0 amide bonds. The number of benzene rings is 4. The predicted octanol–water partition coefficient (Wildman–Crippen LogP) is 7.78. The van der Waals surface area contributed by atoms with E-state index < -0.39 is 0 Å². The summed E-state index contributed by atoms with van der Waals surface area (Å²) in [5, 5.41) is 8.26. The van der Waals surface area contributed by atoms with Gasteiger partial charge < -0.3 is 24.8 Å². The standard InChI is InChI=1S/C25H25.C13H21.C11H8.2ClH.Zr/c1-14-12-24(3,4)22-8-16-7-17-9-23-19(15(2)13-25(23,5)6)11-21(17)20(16)10-18(14)22;1-6-10-8-11(7-2)12(9-10)13(3,4)5;1-9-5-4-7-10-6-2-3-8-11(9)10;;;/h7-13H,1-6H3;9-10H,6-7H2,1-5H3;1-8H;2*1H;/q2*-1;;;;+2/p-2. The van der Waals surface area contributed by atoms with Crippen LogP contribution in [0.1, 0.15) is 117 Å². The molecule has 0 fully saturated rings. The van der Waals surface area contributed by atoms with Gasteiger partial charge in [0.2, 0.25) is 0 Å². The zero-order chi connectivity index (χ0) is 36.2. The molecule has 8 rings (SSSR count). The van der Waals surface area contributed by atoms with Crippen molar-refractivity contribution in [3.05, 3.63) is 136 Å². The molecule has 0 aromatic heterocycles. The van der Waals surface area contributed by atoms with Gasteiger partial charge in [0.15, 0.2) is 0 Å². The summed E-state index contributed by atoms with van der Waals surface area (Å²) in [5.74, 6) is 0.573. The van der Waals surface area contributed by atoms with Gasteiger partial charge in [-0.1, -0.05) is 122 Å². The van der Waals surface area contributed by atoms with Gasteiger partial charge in [0.25, 0.3) is 0 Å². The molecule has 5 aromatic rings. The molecule has 0 spiro atoms. The molecule has 5 aromatic carbocycles. The Morgan fingerprint density at radius 2 is 1.27 bits per heavy atom. The van der Waals surface area contributed by atoms with Gasteiger partial charge in [-0.15, -0.1) is 39.7 Å². The van der Waals surface area contributed by atoms with Gasteiger partial charge >= 0.3 is 86.7 Å².